The van der Waals surface area contributed by atoms with E-state index in [1.807, 2.05) is 21.0 Å². The Labute approximate surface area is 159 Å². The molecule has 2 rings (SSSR count). The molecule has 7 heteroatoms. The summed E-state index contributed by atoms with van der Waals surface area (Å²) in [6.07, 6.45) is 2.30. The Morgan fingerprint density at radius 1 is 1.11 bits per heavy atom. The lowest BCUT2D eigenvalue weighted by molar-refractivity contribution is 0.0947. The largest absolute Gasteiger partial charge is 0.494 e. The summed E-state index contributed by atoms with van der Waals surface area (Å²) in [4.78, 5) is 30.7. The molecular formula is C20H26N4O3. The maximum Gasteiger partial charge on any atom is 0.269 e. The number of aromatic nitrogens is 1. The van der Waals surface area contributed by atoms with Gasteiger partial charge in [0.05, 0.1) is 6.61 Å². The van der Waals surface area contributed by atoms with Crippen LogP contribution in [0.15, 0.2) is 42.6 Å². The standard InChI is InChI=1S/C20H26N4O3/c1-4-27-17-8-6-16(7-9-17)23-19(25)15-10-12-21-18(14-15)20(26)22-11-5-13-24(2)3/h6-10,12,14H,4-5,11,13H2,1-3H3,(H,22,26)(H,23,25). The van der Waals surface area contributed by atoms with Gasteiger partial charge in [-0.15, -0.1) is 0 Å². The van der Waals surface area contributed by atoms with Crippen molar-refractivity contribution in [3.63, 3.8) is 0 Å². The van der Waals surface area contributed by atoms with Crippen LogP contribution >= 0.6 is 0 Å². The summed E-state index contributed by atoms with van der Waals surface area (Å²) >= 11 is 0. The zero-order chi connectivity index (χ0) is 19.6. The third kappa shape index (κ3) is 6.71. The fraction of sp³-hybridized carbons (Fsp3) is 0.350. The number of hydrogen-bond donors (Lipinski definition) is 2. The number of benzene rings is 1. The molecule has 1 aromatic carbocycles. The fourth-order valence-electron chi connectivity index (χ4n) is 2.39. The van der Waals surface area contributed by atoms with Crippen LogP contribution in [0.1, 0.15) is 34.2 Å². The predicted octanol–water partition coefficient (Wildman–Crippen LogP) is 2.41. The van der Waals surface area contributed by atoms with E-state index < -0.39 is 0 Å². The molecular weight excluding hydrogens is 344 g/mol. The van der Waals surface area contributed by atoms with Gasteiger partial charge in [0.25, 0.3) is 11.8 Å². The first-order valence-electron chi connectivity index (χ1n) is 8.92. The predicted molar refractivity (Wildman–Crippen MR) is 105 cm³/mol. The Morgan fingerprint density at radius 2 is 1.85 bits per heavy atom. The van der Waals surface area contributed by atoms with Crippen LogP contribution in [-0.4, -0.2) is 55.5 Å². The second-order valence-electron chi connectivity index (χ2n) is 6.25. The average Bonchev–Trinajstić information content (AvgIpc) is 2.66. The number of nitrogens with zero attached hydrogens (tertiary/aromatic N) is 2. The van der Waals surface area contributed by atoms with Gasteiger partial charge in [0.1, 0.15) is 11.4 Å². The van der Waals surface area contributed by atoms with Crippen molar-refractivity contribution < 1.29 is 14.3 Å². The number of pyridine rings is 1. The molecule has 0 aliphatic carbocycles. The van der Waals surface area contributed by atoms with Crippen molar-refractivity contribution in [2.24, 2.45) is 0 Å². The molecule has 0 spiro atoms. The van der Waals surface area contributed by atoms with E-state index in [4.69, 9.17) is 4.74 Å². The normalized spacial score (nSPS) is 10.5. The van der Waals surface area contributed by atoms with E-state index in [1.165, 1.54) is 12.3 Å². The summed E-state index contributed by atoms with van der Waals surface area (Å²) in [6, 6.07) is 10.2. The van der Waals surface area contributed by atoms with Crippen LogP contribution in [0.5, 0.6) is 5.75 Å². The van der Waals surface area contributed by atoms with E-state index in [9.17, 15) is 9.59 Å². The van der Waals surface area contributed by atoms with E-state index in [0.717, 1.165) is 18.7 Å². The molecule has 2 amide bonds. The van der Waals surface area contributed by atoms with Gasteiger partial charge < -0.3 is 20.3 Å². The SMILES string of the molecule is CCOc1ccc(NC(=O)c2ccnc(C(=O)NCCCN(C)C)c2)cc1. The van der Waals surface area contributed by atoms with E-state index in [1.54, 1.807) is 30.3 Å². The zero-order valence-electron chi connectivity index (χ0n) is 16.0. The summed E-state index contributed by atoms with van der Waals surface area (Å²) < 4.78 is 5.38. The number of anilines is 1. The van der Waals surface area contributed by atoms with Gasteiger partial charge in [-0.3, -0.25) is 14.6 Å². The summed E-state index contributed by atoms with van der Waals surface area (Å²) in [5, 5.41) is 5.61. The number of carbonyl (C=O) groups is 2. The van der Waals surface area contributed by atoms with Crippen LogP contribution in [0.3, 0.4) is 0 Å². The Kier molecular flexibility index (Phi) is 7.76. The lowest BCUT2D eigenvalue weighted by Crippen LogP contribution is -2.28. The highest BCUT2D eigenvalue weighted by Gasteiger charge is 2.12. The molecule has 1 aromatic heterocycles. The smallest absolute Gasteiger partial charge is 0.269 e. The molecule has 7 nitrogen and oxygen atoms in total. The lowest BCUT2D eigenvalue weighted by atomic mass is 10.2. The molecule has 0 fully saturated rings. The van der Waals surface area contributed by atoms with E-state index in [0.29, 0.717) is 24.4 Å². The first-order chi connectivity index (χ1) is 13.0. The molecule has 0 radical (unpaired) electrons. The third-order valence-electron chi connectivity index (χ3n) is 3.75. The molecule has 2 N–H and O–H groups in total. The Morgan fingerprint density at radius 3 is 2.52 bits per heavy atom. The van der Waals surface area contributed by atoms with Crippen molar-refractivity contribution in [3.05, 3.63) is 53.9 Å². The molecule has 0 saturated heterocycles. The van der Waals surface area contributed by atoms with Crippen molar-refractivity contribution in [1.29, 1.82) is 0 Å². The van der Waals surface area contributed by atoms with Gasteiger partial charge >= 0.3 is 0 Å². The molecule has 0 atom stereocenters. The summed E-state index contributed by atoms with van der Waals surface area (Å²) in [5.74, 6) is 0.153. The highest BCUT2D eigenvalue weighted by molar-refractivity contribution is 6.05. The van der Waals surface area contributed by atoms with Gasteiger partial charge in [0.2, 0.25) is 0 Å². The minimum absolute atomic E-state index is 0.221. The molecule has 144 valence electrons. The maximum absolute atomic E-state index is 12.4. The molecule has 2 aromatic rings. The van der Waals surface area contributed by atoms with Crippen molar-refractivity contribution in [2.45, 2.75) is 13.3 Å². The van der Waals surface area contributed by atoms with Gasteiger partial charge in [0, 0.05) is 24.0 Å². The minimum Gasteiger partial charge on any atom is -0.494 e. The van der Waals surface area contributed by atoms with Crippen molar-refractivity contribution >= 4 is 17.5 Å². The van der Waals surface area contributed by atoms with Crippen LogP contribution in [0.2, 0.25) is 0 Å². The molecule has 0 bridgehead atoms. The minimum atomic E-state index is -0.303. The highest BCUT2D eigenvalue weighted by atomic mass is 16.5. The Bertz CT molecular complexity index is 760. The first-order valence-corrected chi connectivity index (χ1v) is 8.92. The molecule has 0 saturated carbocycles. The van der Waals surface area contributed by atoms with Crippen LogP contribution in [0.4, 0.5) is 5.69 Å². The summed E-state index contributed by atoms with van der Waals surface area (Å²) in [7, 11) is 3.96. The number of nitrogens with one attached hydrogen (secondary N) is 2. The number of rotatable bonds is 9. The average molecular weight is 370 g/mol. The monoisotopic (exact) mass is 370 g/mol. The van der Waals surface area contributed by atoms with Gasteiger partial charge in [-0.1, -0.05) is 0 Å². The van der Waals surface area contributed by atoms with Crippen molar-refractivity contribution in [3.8, 4) is 5.75 Å². The highest BCUT2D eigenvalue weighted by Crippen LogP contribution is 2.16. The number of hydrogen-bond acceptors (Lipinski definition) is 5. The molecule has 0 unspecified atom stereocenters. The number of carbonyl (C=O) groups excluding carboxylic acids is 2. The van der Waals surface area contributed by atoms with E-state index in [-0.39, 0.29) is 17.5 Å². The second kappa shape index (κ2) is 10.3. The number of ether oxygens (including phenoxy) is 1. The van der Waals surface area contributed by atoms with E-state index in [2.05, 4.69) is 20.5 Å². The van der Waals surface area contributed by atoms with Gasteiger partial charge in [-0.05, 0) is 70.4 Å². The lowest BCUT2D eigenvalue weighted by Gasteiger charge is -2.10. The Balaban J connectivity index is 1.95. The summed E-state index contributed by atoms with van der Waals surface area (Å²) in [5.41, 5.74) is 1.24. The molecule has 27 heavy (non-hydrogen) atoms. The zero-order valence-corrected chi connectivity index (χ0v) is 16.0. The second-order valence-corrected chi connectivity index (χ2v) is 6.25. The first kappa shape index (κ1) is 20.4. The quantitative estimate of drug-likeness (QED) is 0.663. The van der Waals surface area contributed by atoms with Gasteiger partial charge in [-0.2, -0.15) is 0 Å². The van der Waals surface area contributed by atoms with Crippen molar-refractivity contribution in [2.75, 3.05) is 39.1 Å². The van der Waals surface area contributed by atoms with Gasteiger partial charge in [0.15, 0.2) is 0 Å². The molecule has 0 aliphatic rings. The van der Waals surface area contributed by atoms with Crippen LogP contribution in [0.25, 0.3) is 0 Å². The third-order valence-corrected chi connectivity index (χ3v) is 3.75. The van der Waals surface area contributed by atoms with Crippen LogP contribution < -0.4 is 15.4 Å². The maximum atomic E-state index is 12.4. The number of amides is 2. The topological polar surface area (TPSA) is 83.6 Å². The van der Waals surface area contributed by atoms with Crippen LogP contribution in [-0.2, 0) is 0 Å². The molecule has 0 aliphatic heterocycles. The summed E-state index contributed by atoms with van der Waals surface area (Å²) in [6.45, 7) is 3.94. The van der Waals surface area contributed by atoms with Crippen LogP contribution in [0, 0.1) is 0 Å². The Hall–Kier alpha value is -2.93. The molecule has 1 heterocycles. The van der Waals surface area contributed by atoms with Crippen molar-refractivity contribution in [1.82, 2.24) is 15.2 Å². The fourth-order valence-corrected chi connectivity index (χ4v) is 2.39. The van der Waals surface area contributed by atoms with Gasteiger partial charge in [-0.25, -0.2) is 0 Å². The van der Waals surface area contributed by atoms with E-state index >= 15 is 0 Å².